The third kappa shape index (κ3) is 3.42. The van der Waals surface area contributed by atoms with Crippen molar-refractivity contribution in [1.29, 1.82) is 0 Å². The molecule has 0 amide bonds. The fourth-order valence-corrected chi connectivity index (χ4v) is 2.99. The molecule has 1 atom stereocenters. The Balaban J connectivity index is 1.97. The van der Waals surface area contributed by atoms with Crippen LogP contribution in [0, 0.1) is 11.4 Å². The summed E-state index contributed by atoms with van der Waals surface area (Å²) in [4.78, 5) is 22.6. The number of H-pyrrole nitrogens is 1. The second kappa shape index (κ2) is 6.49. The Kier molecular flexibility index (Phi) is 4.56. The molecule has 1 unspecified atom stereocenters. The normalized spacial score (nSPS) is 19.9. The summed E-state index contributed by atoms with van der Waals surface area (Å²) in [6, 6.07) is 2.91. The largest absolute Gasteiger partial charge is 0.365 e. The van der Waals surface area contributed by atoms with Gasteiger partial charge in [0.25, 0.3) is 5.56 Å². The topological polar surface area (TPSA) is 82.7 Å². The molecule has 2 aromatic rings. The van der Waals surface area contributed by atoms with Crippen LogP contribution in [0.25, 0.3) is 11.4 Å². The molecule has 128 valence electrons. The van der Waals surface area contributed by atoms with Gasteiger partial charge in [-0.3, -0.25) is 4.79 Å². The van der Waals surface area contributed by atoms with Crippen LogP contribution in [-0.2, 0) is 0 Å². The zero-order chi connectivity index (χ0) is 17.3. The van der Waals surface area contributed by atoms with Gasteiger partial charge in [-0.05, 0) is 24.4 Å². The monoisotopic (exact) mass is 351 g/mol. The predicted molar refractivity (Wildman–Crippen MR) is 91.7 cm³/mol. The Morgan fingerprint density at radius 3 is 2.96 bits per heavy atom. The molecular weight excluding hydrogens is 333 g/mol. The van der Waals surface area contributed by atoms with Crippen LogP contribution >= 0.6 is 11.6 Å². The first-order valence-electron chi connectivity index (χ1n) is 7.76. The zero-order valence-electron chi connectivity index (χ0n) is 13.5. The molecule has 3 rings (SSSR count). The third-order valence-corrected chi connectivity index (χ3v) is 4.66. The van der Waals surface area contributed by atoms with Crippen molar-refractivity contribution in [3.05, 3.63) is 39.7 Å². The van der Waals surface area contributed by atoms with Gasteiger partial charge in [-0.25, -0.2) is 9.97 Å². The average Bonchev–Trinajstić information content (AvgIpc) is 2.53. The van der Waals surface area contributed by atoms with Gasteiger partial charge in [0, 0.05) is 30.4 Å². The predicted octanol–water partition coefficient (Wildman–Crippen LogP) is 2.42. The number of piperidine rings is 1. The molecule has 1 aliphatic rings. The molecule has 1 aliphatic heterocycles. The lowest BCUT2D eigenvalue weighted by molar-refractivity contribution is 0.236. The number of hydrogen-bond acceptors (Lipinski definition) is 5. The van der Waals surface area contributed by atoms with Crippen molar-refractivity contribution < 1.29 is 4.39 Å². The van der Waals surface area contributed by atoms with Gasteiger partial charge in [0.15, 0.2) is 5.82 Å². The maximum Gasteiger partial charge on any atom is 0.272 e. The van der Waals surface area contributed by atoms with Crippen molar-refractivity contribution in [2.24, 2.45) is 5.41 Å². The van der Waals surface area contributed by atoms with Gasteiger partial charge in [-0.1, -0.05) is 25.4 Å². The smallest absolute Gasteiger partial charge is 0.272 e. The van der Waals surface area contributed by atoms with E-state index in [1.165, 1.54) is 12.3 Å². The number of aromatic amines is 1. The number of anilines is 1. The van der Waals surface area contributed by atoms with Gasteiger partial charge < -0.3 is 15.6 Å². The lowest BCUT2D eigenvalue weighted by Gasteiger charge is -2.39. The minimum absolute atomic E-state index is 0.00242. The Morgan fingerprint density at radius 2 is 2.25 bits per heavy atom. The molecule has 0 saturated carbocycles. The lowest BCUT2D eigenvalue weighted by Crippen LogP contribution is -2.50. The highest BCUT2D eigenvalue weighted by Gasteiger charge is 2.33. The number of halogens is 2. The summed E-state index contributed by atoms with van der Waals surface area (Å²) < 4.78 is 13.3. The second-order valence-corrected chi connectivity index (χ2v) is 6.97. The summed E-state index contributed by atoms with van der Waals surface area (Å²) in [7, 11) is 0. The molecule has 1 fully saturated rings. The Bertz CT molecular complexity index is 807. The van der Waals surface area contributed by atoms with E-state index >= 15 is 0 Å². The molecule has 0 spiro atoms. The summed E-state index contributed by atoms with van der Waals surface area (Å²) in [6.07, 6.45) is 2.21. The standard InChI is InChI=1S/C16H19ClFN5O/c1-16(2)8-19-5-4-10(16)21-14-12(17)15(24)23-13(22-14)9-3-6-20-11(18)7-9/h3,6-7,10,19H,4-5,8H2,1-2H3,(H2,21,22,23,24). The zero-order valence-corrected chi connectivity index (χ0v) is 14.2. The molecular formula is C16H19ClFN5O. The van der Waals surface area contributed by atoms with Crippen molar-refractivity contribution >= 4 is 17.4 Å². The van der Waals surface area contributed by atoms with Crippen molar-refractivity contribution in [3.8, 4) is 11.4 Å². The van der Waals surface area contributed by atoms with E-state index in [1.54, 1.807) is 6.07 Å². The molecule has 6 nitrogen and oxygen atoms in total. The fraction of sp³-hybridized carbons (Fsp3) is 0.438. The quantitative estimate of drug-likeness (QED) is 0.740. The Hall–Kier alpha value is -1.99. The van der Waals surface area contributed by atoms with Crippen molar-refractivity contribution in [2.75, 3.05) is 18.4 Å². The van der Waals surface area contributed by atoms with Gasteiger partial charge in [-0.15, -0.1) is 0 Å². The molecule has 0 aliphatic carbocycles. The van der Waals surface area contributed by atoms with E-state index < -0.39 is 11.5 Å². The Morgan fingerprint density at radius 1 is 1.46 bits per heavy atom. The van der Waals surface area contributed by atoms with E-state index in [1.807, 2.05) is 0 Å². The van der Waals surface area contributed by atoms with Crippen molar-refractivity contribution in [1.82, 2.24) is 20.3 Å². The molecule has 0 bridgehead atoms. The highest BCUT2D eigenvalue weighted by Crippen LogP contribution is 2.29. The number of pyridine rings is 1. The summed E-state index contributed by atoms with van der Waals surface area (Å²) in [6.45, 7) is 6.01. The fourth-order valence-electron chi connectivity index (χ4n) is 2.84. The first-order chi connectivity index (χ1) is 11.4. The van der Waals surface area contributed by atoms with Gasteiger partial charge >= 0.3 is 0 Å². The van der Waals surface area contributed by atoms with Crippen LogP contribution in [0.4, 0.5) is 10.2 Å². The summed E-state index contributed by atoms with van der Waals surface area (Å²) in [5.41, 5.74) is -0.0496. The van der Waals surface area contributed by atoms with E-state index in [4.69, 9.17) is 11.6 Å². The SMILES string of the molecule is CC1(C)CNCCC1Nc1nc(-c2ccnc(F)c2)[nH]c(=O)c1Cl. The van der Waals surface area contributed by atoms with Crippen LogP contribution < -0.4 is 16.2 Å². The molecule has 0 radical (unpaired) electrons. The number of nitrogens with zero attached hydrogens (tertiary/aromatic N) is 2. The minimum atomic E-state index is -0.640. The van der Waals surface area contributed by atoms with Gasteiger partial charge in [0.1, 0.15) is 10.8 Å². The van der Waals surface area contributed by atoms with E-state index in [0.29, 0.717) is 11.4 Å². The summed E-state index contributed by atoms with van der Waals surface area (Å²) >= 11 is 6.13. The molecule has 2 aromatic heterocycles. The first kappa shape index (κ1) is 16.9. The van der Waals surface area contributed by atoms with Crippen LogP contribution in [0.15, 0.2) is 23.1 Å². The summed E-state index contributed by atoms with van der Waals surface area (Å²) in [5.74, 6) is -0.0772. The second-order valence-electron chi connectivity index (χ2n) is 6.60. The summed E-state index contributed by atoms with van der Waals surface area (Å²) in [5, 5.41) is 6.65. The van der Waals surface area contributed by atoms with E-state index in [2.05, 4.69) is 39.4 Å². The molecule has 24 heavy (non-hydrogen) atoms. The molecule has 8 heteroatoms. The van der Waals surface area contributed by atoms with Gasteiger partial charge in [0.05, 0.1) is 0 Å². The van der Waals surface area contributed by atoms with Crippen molar-refractivity contribution in [3.63, 3.8) is 0 Å². The maximum atomic E-state index is 13.3. The van der Waals surface area contributed by atoms with E-state index in [-0.39, 0.29) is 22.3 Å². The van der Waals surface area contributed by atoms with Crippen LogP contribution in [0.5, 0.6) is 0 Å². The highest BCUT2D eigenvalue weighted by molar-refractivity contribution is 6.32. The minimum Gasteiger partial charge on any atom is -0.365 e. The molecule has 3 N–H and O–H groups in total. The van der Waals surface area contributed by atoms with Crippen LogP contribution in [-0.4, -0.2) is 34.1 Å². The van der Waals surface area contributed by atoms with E-state index in [0.717, 1.165) is 19.5 Å². The number of nitrogens with one attached hydrogen (secondary N) is 3. The molecule has 3 heterocycles. The van der Waals surface area contributed by atoms with Crippen LogP contribution in [0.1, 0.15) is 20.3 Å². The van der Waals surface area contributed by atoms with E-state index in [9.17, 15) is 9.18 Å². The highest BCUT2D eigenvalue weighted by atomic mass is 35.5. The first-order valence-corrected chi connectivity index (χ1v) is 8.13. The Labute approximate surface area is 143 Å². The third-order valence-electron chi connectivity index (χ3n) is 4.31. The maximum absolute atomic E-state index is 13.3. The number of aromatic nitrogens is 3. The number of rotatable bonds is 3. The average molecular weight is 352 g/mol. The van der Waals surface area contributed by atoms with Gasteiger partial charge in [-0.2, -0.15) is 4.39 Å². The lowest BCUT2D eigenvalue weighted by atomic mass is 9.80. The van der Waals surface area contributed by atoms with Gasteiger partial charge in [0.2, 0.25) is 5.95 Å². The number of hydrogen-bond donors (Lipinski definition) is 3. The molecule has 1 saturated heterocycles. The van der Waals surface area contributed by atoms with Crippen LogP contribution in [0.3, 0.4) is 0 Å². The van der Waals surface area contributed by atoms with Crippen molar-refractivity contribution in [2.45, 2.75) is 26.3 Å². The molecule has 0 aromatic carbocycles. The van der Waals surface area contributed by atoms with Crippen LogP contribution in [0.2, 0.25) is 5.02 Å².